The van der Waals surface area contributed by atoms with Crippen LogP contribution in [0, 0.1) is 12.1 Å². The molecule has 2 aliphatic rings. The average molecular weight is 929 g/mol. The SMILES string of the molecule is CC1(C)CCC(C)(C)c2cc(-c3[c-]ccc([Si](C)(C)C)c3)ncc21.CC1(C)CCC(C)(C)c2cc(-c3[c-]ccc([Si](C)(C)C)c3)ncc21.CO.CO.[Ir]. The Morgan fingerprint density at radius 2 is 0.774 bits per heavy atom. The Kier molecular flexibility index (Phi) is 15.7. The van der Waals surface area contributed by atoms with Crippen molar-refractivity contribution in [3.05, 3.63) is 95.3 Å². The fourth-order valence-electron chi connectivity index (χ4n) is 7.35. The zero-order valence-corrected chi connectivity index (χ0v) is 40.1. The molecule has 0 saturated heterocycles. The predicted octanol–water partition coefficient (Wildman–Crippen LogP) is 10.1. The largest absolute Gasteiger partial charge is 0.400 e. The molecule has 7 heteroatoms. The summed E-state index contributed by atoms with van der Waals surface area (Å²) in [6, 6.07) is 24.7. The molecule has 2 N–H and O–H groups in total. The number of rotatable bonds is 4. The van der Waals surface area contributed by atoms with Crippen LogP contribution in [-0.4, -0.2) is 50.5 Å². The summed E-state index contributed by atoms with van der Waals surface area (Å²) in [6.45, 7) is 33.2. The van der Waals surface area contributed by atoms with Crippen LogP contribution in [0.3, 0.4) is 0 Å². The van der Waals surface area contributed by atoms with E-state index in [4.69, 9.17) is 20.2 Å². The number of hydrogen-bond donors (Lipinski definition) is 2. The van der Waals surface area contributed by atoms with Crippen LogP contribution < -0.4 is 10.4 Å². The second-order valence-corrected chi connectivity index (χ2v) is 29.4. The molecule has 2 aromatic carbocycles. The van der Waals surface area contributed by atoms with Gasteiger partial charge in [0.15, 0.2) is 0 Å². The van der Waals surface area contributed by atoms with E-state index in [2.05, 4.69) is 168 Å². The van der Waals surface area contributed by atoms with Gasteiger partial charge in [-0.2, -0.15) is 0 Å². The molecule has 0 saturated carbocycles. The molecule has 0 amide bonds. The van der Waals surface area contributed by atoms with Gasteiger partial charge >= 0.3 is 0 Å². The second kappa shape index (κ2) is 17.7. The molecular formula is C46H68IrN2O2Si2-2. The molecule has 0 aliphatic heterocycles. The molecule has 1 radical (unpaired) electrons. The van der Waals surface area contributed by atoms with Gasteiger partial charge in [0.25, 0.3) is 0 Å². The molecule has 0 atom stereocenters. The first-order chi connectivity index (χ1) is 24.0. The molecule has 0 fully saturated rings. The first-order valence-corrected chi connectivity index (χ1v) is 26.0. The first-order valence-electron chi connectivity index (χ1n) is 19.0. The van der Waals surface area contributed by atoms with E-state index in [0.717, 1.165) is 36.7 Å². The van der Waals surface area contributed by atoms with Crippen molar-refractivity contribution in [1.29, 1.82) is 0 Å². The molecule has 4 aromatic rings. The van der Waals surface area contributed by atoms with Gasteiger partial charge in [0.05, 0.1) is 16.1 Å². The summed E-state index contributed by atoms with van der Waals surface area (Å²) >= 11 is 0. The summed E-state index contributed by atoms with van der Waals surface area (Å²) in [5.41, 5.74) is 11.1. The smallest absolute Gasteiger partial charge is 0.0571 e. The molecule has 2 heterocycles. The number of fused-ring (bicyclic) bond motifs is 2. The Hall–Kier alpha value is -2.26. The number of benzene rings is 2. The topological polar surface area (TPSA) is 66.2 Å². The summed E-state index contributed by atoms with van der Waals surface area (Å²) < 4.78 is 0. The zero-order chi connectivity index (χ0) is 39.5. The van der Waals surface area contributed by atoms with Gasteiger partial charge < -0.3 is 20.2 Å². The number of aromatic nitrogens is 2. The van der Waals surface area contributed by atoms with E-state index < -0.39 is 16.1 Å². The number of nitrogens with zero attached hydrogens (tertiary/aromatic N) is 2. The number of hydrogen-bond acceptors (Lipinski definition) is 4. The van der Waals surface area contributed by atoms with Crippen molar-refractivity contribution in [3.8, 4) is 22.5 Å². The van der Waals surface area contributed by atoms with E-state index in [1.807, 2.05) is 0 Å². The predicted molar refractivity (Wildman–Crippen MR) is 230 cm³/mol. The monoisotopic (exact) mass is 929 g/mol. The Morgan fingerprint density at radius 1 is 0.491 bits per heavy atom. The average Bonchev–Trinajstić information content (AvgIpc) is 3.10. The van der Waals surface area contributed by atoms with Gasteiger partial charge in [0.1, 0.15) is 0 Å². The van der Waals surface area contributed by atoms with E-state index in [0.29, 0.717) is 0 Å². The third-order valence-electron chi connectivity index (χ3n) is 11.4. The van der Waals surface area contributed by atoms with Crippen molar-refractivity contribution in [2.45, 2.75) is 142 Å². The maximum atomic E-state index is 7.00. The second-order valence-electron chi connectivity index (χ2n) is 19.2. The van der Waals surface area contributed by atoms with Gasteiger partial charge in [0, 0.05) is 46.7 Å². The molecule has 6 rings (SSSR count). The Balaban J connectivity index is 0.000000330. The van der Waals surface area contributed by atoms with Crippen molar-refractivity contribution in [3.63, 3.8) is 0 Å². The van der Waals surface area contributed by atoms with Gasteiger partial charge in [-0.15, -0.1) is 70.0 Å². The van der Waals surface area contributed by atoms with Gasteiger partial charge in [-0.25, -0.2) is 0 Å². The summed E-state index contributed by atoms with van der Waals surface area (Å²) in [7, 11) is -0.650. The quantitative estimate of drug-likeness (QED) is 0.158. The van der Waals surface area contributed by atoms with E-state index in [9.17, 15) is 0 Å². The van der Waals surface area contributed by atoms with Crippen LogP contribution >= 0.6 is 0 Å². The molecule has 0 spiro atoms. The summed E-state index contributed by atoms with van der Waals surface area (Å²) in [5, 5.41) is 16.9. The minimum absolute atomic E-state index is 0. The Morgan fingerprint density at radius 3 is 1.06 bits per heavy atom. The summed E-state index contributed by atoms with van der Waals surface area (Å²) in [4.78, 5) is 9.66. The third kappa shape index (κ3) is 11.0. The third-order valence-corrected chi connectivity index (χ3v) is 15.4. The van der Waals surface area contributed by atoms with Crippen LogP contribution in [0.2, 0.25) is 39.3 Å². The van der Waals surface area contributed by atoms with Gasteiger partial charge in [0.2, 0.25) is 0 Å². The molecule has 2 aliphatic carbocycles. The summed E-state index contributed by atoms with van der Waals surface area (Å²) in [5.74, 6) is 0. The molecule has 0 unspecified atom stereocenters. The maximum Gasteiger partial charge on any atom is 0.0571 e. The van der Waals surface area contributed by atoms with Crippen molar-refractivity contribution < 1.29 is 30.3 Å². The van der Waals surface area contributed by atoms with E-state index >= 15 is 0 Å². The zero-order valence-electron chi connectivity index (χ0n) is 35.7. The van der Waals surface area contributed by atoms with Crippen molar-refractivity contribution in [2.24, 2.45) is 0 Å². The molecule has 0 bridgehead atoms. The van der Waals surface area contributed by atoms with E-state index in [-0.39, 0.29) is 41.8 Å². The first kappa shape index (κ1) is 46.9. The normalized spacial score (nSPS) is 17.4. The molecule has 53 heavy (non-hydrogen) atoms. The number of pyridine rings is 2. The number of aliphatic hydroxyl groups excluding tert-OH is 2. The fraction of sp³-hybridized carbons (Fsp3) is 0.522. The van der Waals surface area contributed by atoms with E-state index in [1.165, 1.54) is 58.3 Å². The maximum absolute atomic E-state index is 7.00. The fourth-order valence-corrected chi connectivity index (χ4v) is 9.68. The van der Waals surface area contributed by atoms with Gasteiger partial charge in [-0.3, -0.25) is 0 Å². The van der Waals surface area contributed by atoms with Crippen molar-refractivity contribution in [2.75, 3.05) is 14.2 Å². The van der Waals surface area contributed by atoms with Crippen LogP contribution in [-0.2, 0) is 41.8 Å². The van der Waals surface area contributed by atoms with Gasteiger partial charge in [-0.1, -0.05) is 107 Å². The molecular weight excluding hydrogens is 861 g/mol. The van der Waals surface area contributed by atoms with E-state index in [1.54, 1.807) is 0 Å². The molecule has 293 valence electrons. The van der Waals surface area contributed by atoms with Crippen LogP contribution in [0.15, 0.2) is 60.9 Å². The number of aliphatic hydroxyl groups is 2. The van der Waals surface area contributed by atoms with Gasteiger partial charge in [-0.05, 0) is 81.0 Å². The van der Waals surface area contributed by atoms with Crippen LogP contribution in [0.1, 0.15) is 103 Å². The van der Waals surface area contributed by atoms with Crippen molar-refractivity contribution in [1.82, 2.24) is 9.97 Å². The Labute approximate surface area is 339 Å². The minimum Gasteiger partial charge on any atom is -0.400 e. The van der Waals surface area contributed by atoms with Crippen LogP contribution in [0.5, 0.6) is 0 Å². The molecule has 2 aromatic heterocycles. The minimum atomic E-state index is -1.33. The Bertz CT molecular complexity index is 1680. The summed E-state index contributed by atoms with van der Waals surface area (Å²) in [6.07, 6.45) is 9.17. The standard InChI is InChI=1S/2C22H30NSi.2CH4O.Ir/c2*1-21(2)11-12-22(3,4)19-15-23-20(14-18(19)21)16-9-8-10-17(13-16)24(5,6)7;2*1-2;/h2*8,10,13-15H,11-12H2,1-7H3;2*2H,1H3;/q2*-1;;;. The molecule has 4 nitrogen and oxygen atoms in total. The van der Waals surface area contributed by atoms with Crippen molar-refractivity contribution >= 4 is 26.5 Å². The van der Waals surface area contributed by atoms with Crippen LogP contribution in [0.4, 0.5) is 0 Å². The van der Waals surface area contributed by atoms with Crippen LogP contribution in [0.25, 0.3) is 22.5 Å².